The zero-order chi connectivity index (χ0) is 17.8. The third-order valence-corrected chi connectivity index (χ3v) is 3.71. The predicted molar refractivity (Wildman–Crippen MR) is 105 cm³/mol. The molecule has 0 unspecified atom stereocenters. The molecule has 2 N–H and O–H groups in total. The number of aryl methyl sites for hydroxylation is 1. The molecule has 0 aliphatic carbocycles. The first kappa shape index (κ1) is 18.5. The Labute approximate surface area is 162 Å². The summed E-state index contributed by atoms with van der Waals surface area (Å²) < 4.78 is 10.7. The number of hydrogen-bond acceptors (Lipinski definition) is 7. The van der Waals surface area contributed by atoms with Crippen LogP contribution in [0.2, 0.25) is 0 Å². The van der Waals surface area contributed by atoms with Crippen molar-refractivity contribution < 1.29 is 8.83 Å². The highest BCUT2D eigenvalue weighted by atomic mass is 35.5. The Hall–Kier alpha value is -3.32. The van der Waals surface area contributed by atoms with Crippen molar-refractivity contribution >= 4 is 29.9 Å². The molecule has 0 amide bonds. The van der Waals surface area contributed by atoms with Gasteiger partial charge in [0.05, 0.1) is 19.0 Å². The van der Waals surface area contributed by atoms with Crippen LogP contribution < -0.4 is 10.6 Å². The molecule has 8 heteroatoms. The summed E-state index contributed by atoms with van der Waals surface area (Å²) in [6.07, 6.45) is 4.74. The number of rotatable bonds is 6. The van der Waals surface area contributed by atoms with Crippen molar-refractivity contribution in [3.05, 3.63) is 72.8 Å². The van der Waals surface area contributed by atoms with E-state index in [0.717, 1.165) is 28.5 Å². The van der Waals surface area contributed by atoms with Crippen LogP contribution in [0.3, 0.4) is 0 Å². The van der Waals surface area contributed by atoms with Crippen LogP contribution in [0, 0.1) is 6.92 Å². The minimum absolute atomic E-state index is 0. The second-order valence-electron chi connectivity index (χ2n) is 5.72. The van der Waals surface area contributed by atoms with Crippen LogP contribution in [-0.2, 0) is 6.54 Å². The number of nitrogens with zero attached hydrogens (tertiary/aromatic N) is 3. The van der Waals surface area contributed by atoms with Gasteiger partial charge in [-0.1, -0.05) is 12.1 Å². The van der Waals surface area contributed by atoms with E-state index in [4.69, 9.17) is 8.83 Å². The van der Waals surface area contributed by atoms with Crippen molar-refractivity contribution in [2.75, 3.05) is 10.6 Å². The van der Waals surface area contributed by atoms with E-state index in [1.807, 2.05) is 49.4 Å². The van der Waals surface area contributed by atoms with Gasteiger partial charge in [0.25, 0.3) is 0 Å². The molecule has 3 aromatic heterocycles. The number of hydrogen-bond donors (Lipinski definition) is 2. The van der Waals surface area contributed by atoms with Crippen LogP contribution in [0.1, 0.15) is 11.5 Å². The van der Waals surface area contributed by atoms with Crippen LogP contribution >= 0.6 is 12.4 Å². The van der Waals surface area contributed by atoms with Gasteiger partial charge < -0.3 is 19.5 Å². The lowest BCUT2D eigenvalue weighted by Crippen LogP contribution is -2.05. The summed E-state index contributed by atoms with van der Waals surface area (Å²) in [6.45, 7) is 2.49. The monoisotopic (exact) mass is 383 g/mol. The highest BCUT2D eigenvalue weighted by Gasteiger charge is 2.06. The van der Waals surface area contributed by atoms with Gasteiger partial charge in [-0.15, -0.1) is 12.4 Å². The van der Waals surface area contributed by atoms with Gasteiger partial charge in [-0.05, 0) is 31.2 Å². The summed E-state index contributed by atoms with van der Waals surface area (Å²) in [5.74, 6) is 2.79. The molecular weight excluding hydrogens is 366 g/mol. The van der Waals surface area contributed by atoms with Crippen molar-refractivity contribution in [3.8, 4) is 11.3 Å². The van der Waals surface area contributed by atoms with Gasteiger partial charge in [0, 0.05) is 23.0 Å². The fourth-order valence-corrected chi connectivity index (χ4v) is 2.54. The third kappa shape index (κ3) is 4.65. The molecule has 0 radical (unpaired) electrons. The fourth-order valence-electron chi connectivity index (χ4n) is 2.54. The first-order chi connectivity index (χ1) is 12.8. The van der Waals surface area contributed by atoms with Crippen molar-refractivity contribution in [2.24, 2.45) is 0 Å². The Morgan fingerprint density at radius 2 is 1.96 bits per heavy atom. The Balaban J connectivity index is 0.00000210. The van der Waals surface area contributed by atoms with E-state index in [0.29, 0.717) is 18.3 Å². The second-order valence-corrected chi connectivity index (χ2v) is 5.72. The van der Waals surface area contributed by atoms with Gasteiger partial charge in [-0.2, -0.15) is 4.98 Å². The van der Waals surface area contributed by atoms with Gasteiger partial charge in [-0.25, -0.2) is 9.97 Å². The topological polar surface area (TPSA) is 89.0 Å². The zero-order valence-electron chi connectivity index (χ0n) is 14.5. The molecule has 0 aliphatic heterocycles. The maximum Gasteiger partial charge on any atom is 0.229 e. The molecule has 1 aromatic carbocycles. The van der Waals surface area contributed by atoms with Crippen LogP contribution in [0.4, 0.5) is 17.5 Å². The number of aromatic nitrogens is 3. The number of halogens is 1. The molecule has 4 rings (SSSR count). The van der Waals surface area contributed by atoms with E-state index in [1.54, 1.807) is 12.5 Å². The maximum absolute atomic E-state index is 5.34. The van der Waals surface area contributed by atoms with E-state index in [1.165, 1.54) is 6.39 Å². The molecule has 27 heavy (non-hydrogen) atoms. The lowest BCUT2D eigenvalue weighted by Gasteiger charge is -2.10. The molecule has 0 spiro atoms. The third-order valence-electron chi connectivity index (χ3n) is 3.71. The van der Waals surface area contributed by atoms with E-state index < -0.39 is 0 Å². The lowest BCUT2D eigenvalue weighted by molar-refractivity contribution is 0.518. The smallest absolute Gasteiger partial charge is 0.229 e. The molecule has 0 saturated heterocycles. The normalized spacial score (nSPS) is 10.3. The predicted octanol–water partition coefficient (Wildman–Crippen LogP) is 4.81. The number of furan rings is 1. The quantitative estimate of drug-likeness (QED) is 0.493. The summed E-state index contributed by atoms with van der Waals surface area (Å²) in [5, 5.41) is 6.47. The molecule has 0 atom stereocenters. The Morgan fingerprint density at radius 3 is 2.74 bits per heavy atom. The minimum Gasteiger partial charge on any atom is -0.467 e. The lowest BCUT2D eigenvalue weighted by atomic mass is 10.1. The van der Waals surface area contributed by atoms with E-state index >= 15 is 0 Å². The Kier molecular flexibility index (Phi) is 5.73. The van der Waals surface area contributed by atoms with E-state index in [2.05, 4.69) is 25.6 Å². The highest BCUT2D eigenvalue weighted by molar-refractivity contribution is 5.85. The summed E-state index contributed by atoms with van der Waals surface area (Å²) in [6, 6.07) is 13.5. The number of oxazole rings is 1. The molecule has 138 valence electrons. The van der Waals surface area contributed by atoms with E-state index in [-0.39, 0.29) is 12.4 Å². The van der Waals surface area contributed by atoms with Crippen LogP contribution in [0.15, 0.2) is 70.2 Å². The second kappa shape index (κ2) is 8.37. The summed E-state index contributed by atoms with van der Waals surface area (Å²) in [4.78, 5) is 12.9. The highest BCUT2D eigenvalue weighted by Crippen LogP contribution is 2.24. The van der Waals surface area contributed by atoms with Gasteiger partial charge in [0.15, 0.2) is 12.2 Å². The molecule has 0 saturated carbocycles. The summed E-state index contributed by atoms with van der Waals surface area (Å²) in [7, 11) is 0. The minimum atomic E-state index is 0. The van der Waals surface area contributed by atoms with Gasteiger partial charge >= 0.3 is 0 Å². The standard InChI is InChI=1S/C19H17N5O2.ClH/c1-13-8-18(21-10-16-6-3-7-25-16)24-19(22-13)23-15-5-2-4-14(9-15)17-11-20-12-26-17;/h2-9,11-12H,10H2,1H3,(H2,21,22,23,24);1H. The molecule has 0 fully saturated rings. The Morgan fingerprint density at radius 1 is 1.04 bits per heavy atom. The Bertz CT molecular complexity index is 987. The molecule has 7 nitrogen and oxygen atoms in total. The van der Waals surface area contributed by atoms with E-state index in [9.17, 15) is 0 Å². The molecule has 0 bridgehead atoms. The molecule has 3 heterocycles. The number of benzene rings is 1. The van der Waals surface area contributed by atoms with Crippen molar-refractivity contribution in [1.82, 2.24) is 15.0 Å². The van der Waals surface area contributed by atoms with Crippen LogP contribution in [0.5, 0.6) is 0 Å². The van der Waals surface area contributed by atoms with Crippen LogP contribution in [-0.4, -0.2) is 15.0 Å². The average molecular weight is 384 g/mol. The number of anilines is 3. The maximum atomic E-state index is 5.34. The average Bonchev–Trinajstić information content (AvgIpc) is 3.34. The number of nitrogens with one attached hydrogen (secondary N) is 2. The van der Waals surface area contributed by atoms with Crippen LogP contribution in [0.25, 0.3) is 11.3 Å². The molecule has 4 aromatic rings. The van der Waals surface area contributed by atoms with Crippen molar-refractivity contribution in [1.29, 1.82) is 0 Å². The van der Waals surface area contributed by atoms with Crippen molar-refractivity contribution in [2.45, 2.75) is 13.5 Å². The zero-order valence-corrected chi connectivity index (χ0v) is 15.4. The summed E-state index contributed by atoms with van der Waals surface area (Å²) in [5.41, 5.74) is 2.65. The molecular formula is C19H18ClN5O2. The first-order valence-corrected chi connectivity index (χ1v) is 8.14. The first-order valence-electron chi connectivity index (χ1n) is 8.14. The largest absolute Gasteiger partial charge is 0.467 e. The van der Waals surface area contributed by atoms with Gasteiger partial charge in [0.2, 0.25) is 5.95 Å². The summed E-state index contributed by atoms with van der Waals surface area (Å²) >= 11 is 0. The van der Waals surface area contributed by atoms with Crippen molar-refractivity contribution in [3.63, 3.8) is 0 Å². The SMILES string of the molecule is Cc1cc(NCc2ccco2)nc(Nc2cccc(-c3cnco3)c2)n1.Cl. The van der Waals surface area contributed by atoms with Gasteiger partial charge in [-0.3, -0.25) is 0 Å². The van der Waals surface area contributed by atoms with Gasteiger partial charge in [0.1, 0.15) is 11.6 Å². The fraction of sp³-hybridized carbons (Fsp3) is 0.105. The molecule has 0 aliphatic rings.